The summed E-state index contributed by atoms with van der Waals surface area (Å²) in [6, 6.07) is 3.39. The van der Waals surface area contributed by atoms with Crippen LogP contribution >= 0.6 is 0 Å². The zero-order valence-corrected chi connectivity index (χ0v) is 14.6. The number of hydrogen-bond acceptors (Lipinski definition) is 7. The number of nitrogens with one attached hydrogen (secondary N) is 2. The van der Waals surface area contributed by atoms with Crippen molar-refractivity contribution in [2.75, 3.05) is 18.0 Å². The smallest absolute Gasteiger partial charge is 0.328 e. The van der Waals surface area contributed by atoms with Gasteiger partial charge in [0.25, 0.3) is 17.5 Å². The van der Waals surface area contributed by atoms with Crippen LogP contribution in [0.15, 0.2) is 23.8 Å². The highest BCUT2D eigenvalue weighted by Gasteiger charge is 2.29. The van der Waals surface area contributed by atoms with Crippen LogP contribution < -0.4 is 21.3 Å². The van der Waals surface area contributed by atoms with Gasteiger partial charge in [-0.1, -0.05) is 6.07 Å². The molecule has 0 bridgehead atoms. The molecule has 0 atom stereocenters. The fourth-order valence-electron chi connectivity index (χ4n) is 3.22. The van der Waals surface area contributed by atoms with Crippen LogP contribution in [0.4, 0.5) is 16.2 Å². The van der Waals surface area contributed by atoms with Gasteiger partial charge < -0.3 is 10.6 Å². The van der Waals surface area contributed by atoms with Crippen molar-refractivity contribution in [1.29, 1.82) is 0 Å². The third-order valence-electron chi connectivity index (χ3n) is 4.69. The fourth-order valence-corrected chi connectivity index (χ4v) is 3.22. The van der Waals surface area contributed by atoms with Crippen molar-refractivity contribution < 1.29 is 24.1 Å². The maximum absolute atomic E-state index is 11.8. The quantitative estimate of drug-likeness (QED) is 0.284. The molecule has 2 saturated heterocycles. The second-order valence-corrected chi connectivity index (χ2v) is 6.46. The average Bonchev–Trinajstić information content (AvgIpc) is 2.64. The molecule has 0 aliphatic carbocycles. The molecule has 2 aliphatic heterocycles. The lowest BCUT2D eigenvalue weighted by atomic mass is 9.95. The number of nitrogens with zero attached hydrogens (tertiary/aromatic N) is 2. The second-order valence-electron chi connectivity index (χ2n) is 6.46. The maximum atomic E-state index is 11.8. The summed E-state index contributed by atoms with van der Waals surface area (Å²) in [6.45, 7) is 0.892. The number of urea groups is 1. The molecule has 0 radical (unpaired) electrons. The Bertz CT molecular complexity index is 895. The Morgan fingerprint density at radius 3 is 2.32 bits per heavy atom. The lowest BCUT2D eigenvalue weighted by Gasteiger charge is -2.32. The molecule has 0 aromatic heterocycles. The van der Waals surface area contributed by atoms with Gasteiger partial charge >= 0.3 is 6.03 Å². The van der Waals surface area contributed by atoms with Gasteiger partial charge in [0.1, 0.15) is 11.3 Å². The van der Waals surface area contributed by atoms with Crippen molar-refractivity contribution in [3.8, 4) is 0 Å². The molecule has 4 N–H and O–H groups in total. The van der Waals surface area contributed by atoms with E-state index >= 15 is 0 Å². The van der Waals surface area contributed by atoms with Crippen molar-refractivity contribution in [1.82, 2.24) is 10.6 Å². The molecule has 0 spiro atoms. The van der Waals surface area contributed by atoms with E-state index in [0.29, 0.717) is 31.6 Å². The fraction of sp³-hybridized carbons (Fsp3) is 0.294. The van der Waals surface area contributed by atoms with E-state index in [-0.39, 0.29) is 28.6 Å². The standard InChI is InChI=1S/C17H17N5O6/c18-14(23)10-3-5-21(6-4-10)12-2-1-9(8-13(12)22(27)28)7-11-15(24)19-17(26)20-16(11)25/h1-2,7-8,10H,3-6H2,(H2,18,23)(H2,19,20,24,25,26). The lowest BCUT2D eigenvalue weighted by molar-refractivity contribution is -0.384. The molecule has 0 saturated carbocycles. The van der Waals surface area contributed by atoms with Crippen molar-refractivity contribution in [2.45, 2.75) is 12.8 Å². The number of piperidine rings is 1. The SMILES string of the molecule is NC(=O)C1CCN(c2ccc(C=C3C(=O)NC(=O)NC3=O)cc2[N+](=O)[O-])CC1. The van der Waals surface area contributed by atoms with Crippen LogP contribution in [0.25, 0.3) is 6.08 Å². The van der Waals surface area contributed by atoms with Crippen LogP contribution in [0.1, 0.15) is 18.4 Å². The number of imide groups is 2. The van der Waals surface area contributed by atoms with Gasteiger partial charge in [0.15, 0.2) is 0 Å². The summed E-state index contributed by atoms with van der Waals surface area (Å²) in [6.07, 6.45) is 2.19. The number of amides is 5. The minimum absolute atomic E-state index is 0.195. The van der Waals surface area contributed by atoms with Crippen molar-refractivity contribution in [3.05, 3.63) is 39.4 Å². The first-order chi connectivity index (χ1) is 13.3. The van der Waals surface area contributed by atoms with Crippen LogP contribution in [-0.4, -0.2) is 41.8 Å². The zero-order chi connectivity index (χ0) is 20.4. The van der Waals surface area contributed by atoms with Gasteiger partial charge in [-0.2, -0.15) is 0 Å². The first kappa shape index (κ1) is 19.0. The van der Waals surface area contributed by atoms with Crippen LogP contribution in [-0.2, 0) is 14.4 Å². The number of nitro groups is 1. The number of primary amides is 1. The van der Waals surface area contributed by atoms with E-state index in [2.05, 4.69) is 0 Å². The van der Waals surface area contributed by atoms with Crippen molar-refractivity contribution in [2.24, 2.45) is 11.7 Å². The number of anilines is 1. The van der Waals surface area contributed by atoms with E-state index in [1.54, 1.807) is 4.90 Å². The number of nitrogens with two attached hydrogens (primary N) is 1. The molecule has 11 nitrogen and oxygen atoms in total. The number of carbonyl (C=O) groups is 4. The minimum Gasteiger partial charge on any atom is -0.369 e. The highest BCUT2D eigenvalue weighted by atomic mass is 16.6. The molecule has 1 aromatic rings. The third kappa shape index (κ3) is 3.82. The highest BCUT2D eigenvalue weighted by Crippen LogP contribution is 2.33. The Morgan fingerprint density at radius 1 is 1.18 bits per heavy atom. The summed E-state index contributed by atoms with van der Waals surface area (Å²) < 4.78 is 0. The molecule has 2 aliphatic rings. The molecule has 3 rings (SSSR count). The van der Waals surface area contributed by atoms with Gasteiger partial charge in [-0.15, -0.1) is 0 Å². The summed E-state index contributed by atoms with van der Waals surface area (Å²) in [5.74, 6) is -2.38. The molecule has 28 heavy (non-hydrogen) atoms. The topological polar surface area (TPSA) is 165 Å². The van der Waals surface area contributed by atoms with Crippen molar-refractivity contribution >= 4 is 41.2 Å². The van der Waals surface area contributed by atoms with E-state index < -0.39 is 22.8 Å². The Kier molecular flexibility index (Phi) is 5.07. The molecule has 2 heterocycles. The maximum Gasteiger partial charge on any atom is 0.328 e. The Hall–Kier alpha value is -3.76. The first-order valence-electron chi connectivity index (χ1n) is 8.47. The van der Waals surface area contributed by atoms with E-state index in [1.807, 2.05) is 10.6 Å². The normalized spacial score (nSPS) is 17.8. The van der Waals surface area contributed by atoms with E-state index in [4.69, 9.17) is 5.73 Å². The summed E-state index contributed by atoms with van der Waals surface area (Å²) in [7, 11) is 0. The summed E-state index contributed by atoms with van der Waals surface area (Å²) in [5.41, 5.74) is 5.43. The molecular formula is C17H17N5O6. The second kappa shape index (κ2) is 7.47. The van der Waals surface area contributed by atoms with Gasteiger partial charge in [-0.25, -0.2) is 4.79 Å². The number of nitro benzene ring substituents is 1. The first-order valence-corrected chi connectivity index (χ1v) is 8.47. The highest BCUT2D eigenvalue weighted by molar-refractivity contribution is 6.31. The van der Waals surface area contributed by atoms with Crippen molar-refractivity contribution in [3.63, 3.8) is 0 Å². The van der Waals surface area contributed by atoms with E-state index in [0.717, 1.165) is 0 Å². The van der Waals surface area contributed by atoms with Crippen LogP contribution in [0.5, 0.6) is 0 Å². The Balaban J connectivity index is 1.88. The molecule has 2 fully saturated rings. The van der Waals surface area contributed by atoms with E-state index in [1.165, 1.54) is 24.3 Å². The Labute approximate surface area is 158 Å². The zero-order valence-electron chi connectivity index (χ0n) is 14.6. The van der Waals surface area contributed by atoms with Gasteiger partial charge in [0, 0.05) is 25.1 Å². The number of barbiturate groups is 1. The van der Waals surface area contributed by atoms with Crippen LogP contribution in [0.3, 0.4) is 0 Å². The minimum atomic E-state index is -0.923. The monoisotopic (exact) mass is 387 g/mol. The van der Waals surface area contributed by atoms with E-state index in [9.17, 15) is 29.3 Å². The number of rotatable bonds is 4. The van der Waals surface area contributed by atoms with Gasteiger partial charge in [0.2, 0.25) is 5.91 Å². The average molecular weight is 387 g/mol. The summed E-state index contributed by atoms with van der Waals surface area (Å²) in [5, 5.41) is 15.4. The number of carbonyl (C=O) groups excluding carboxylic acids is 4. The van der Waals surface area contributed by atoms with Crippen LogP contribution in [0, 0.1) is 16.0 Å². The summed E-state index contributed by atoms with van der Waals surface area (Å²) >= 11 is 0. The lowest BCUT2D eigenvalue weighted by Crippen LogP contribution is -2.51. The Morgan fingerprint density at radius 2 is 1.79 bits per heavy atom. The molecule has 5 amide bonds. The summed E-state index contributed by atoms with van der Waals surface area (Å²) in [4.78, 5) is 58.8. The number of hydrogen-bond donors (Lipinski definition) is 3. The third-order valence-corrected chi connectivity index (χ3v) is 4.69. The van der Waals surface area contributed by atoms with Gasteiger partial charge in [0.05, 0.1) is 4.92 Å². The van der Waals surface area contributed by atoms with Gasteiger partial charge in [-0.3, -0.25) is 35.1 Å². The molecule has 146 valence electrons. The number of benzene rings is 1. The molecule has 0 unspecified atom stereocenters. The predicted molar refractivity (Wildman–Crippen MR) is 96.9 cm³/mol. The molecular weight excluding hydrogens is 370 g/mol. The van der Waals surface area contributed by atoms with Gasteiger partial charge in [-0.05, 0) is 30.5 Å². The molecule has 11 heteroatoms. The predicted octanol–water partition coefficient (Wildman–Crippen LogP) is 0.0459. The largest absolute Gasteiger partial charge is 0.369 e. The molecule has 1 aromatic carbocycles. The van der Waals surface area contributed by atoms with Crippen LogP contribution in [0.2, 0.25) is 0 Å².